The minimum atomic E-state index is -1.07. The van der Waals surface area contributed by atoms with Crippen LogP contribution in [0.25, 0.3) is 0 Å². The summed E-state index contributed by atoms with van der Waals surface area (Å²) < 4.78 is 43.5. The highest BCUT2D eigenvalue weighted by Crippen LogP contribution is 2.34. The molecule has 0 spiro atoms. The molecule has 2 aromatic carbocycles. The lowest BCUT2D eigenvalue weighted by molar-refractivity contribution is 0.0653. The Bertz CT molecular complexity index is 1520. The monoisotopic (exact) mass is 517 g/mol. The van der Waals surface area contributed by atoms with Gasteiger partial charge in [0.05, 0.1) is 11.1 Å². The predicted molar refractivity (Wildman–Crippen MR) is 124 cm³/mol. The van der Waals surface area contributed by atoms with Gasteiger partial charge in [0.15, 0.2) is 23.1 Å². The minimum Gasteiger partial charge on any atom is -0.503 e. The molecule has 186 valence electrons. The van der Waals surface area contributed by atoms with E-state index in [1.54, 1.807) is 13.0 Å². The maximum absolute atomic E-state index is 14.4. The number of amides is 2. The van der Waals surface area contributed by atoms with Gasteiger partial charge in [-0.05, 0) is 42.2 Å². The molecule has 1 aromatic heterocycles. The van der Waals surface area contributed by atoms with Crippen molar-refractivity contribution in [2.24, 2.45) is 0 Å². The first-order valence-corrected chi connectivity index (χ1v) is 11.4. The average molecular weight is 518 g/mol. The SMILES string of the molecule is Cc1ccc(CNC(=O)c2cn3c(c(O)c2=O)C(=O)N2Cc4cc(F)c(F)cc4CC3C2)c(F)c1Cl. The van der Waals surface area contributed by atoms with Crippen LogP contribution in [0.15, 0.2) is 35.3 Å². The molecule has 36 heavy (non-hydrogen) atoms. The number of hydrogen-bond acceptors (Lipinski definition) is 4. The van der Waals surface area contributed by atoms with Crippen molar-refractivity contribution < 1.29 is 27.9 Å². The zero-order chi connectivity index (χ0) is 25.9. The molecule has 0 saturated heterocycles. The molecule has 0 aliphatic carbocycles. The number of carbonyl (C=O) groups excluding carboxylic acids is 2. The number of carbonyl (C=O) groups is 2. The zero-order valence-electron chi connectivity index (χ0n) is 18.9. The number of aromatic nitrogens is 1. The molecule has 2 bridgehead atoms. The Morgan fingerprint density at radius 2 is 1.86 bits per heavy atom. The summed E-state index contributed by atoms with van der Waals surface area (Å²) in [5, 5.41) is 13.0. The maximum Gasteiger partial charge on any atom is 0.274 e. The van der Waals surface area contributed by atoms with Crippen molar-refractivity contribution in [1.29, 1.82) is 0 Å². The van der Waals surface area contributed by atoms with Crippen molar-refractivity contribution in [3.05, 3.63) is 96.7 Å². The average Bonchev–Trinajstić information content (AvgIpc) is 3.00. The second-order valence-electron chi connectivity index (χ2n) is 8.91. The van der Waals surface area contributed by atoms with E-state index in [1.807, 2.05) is 0 Å². The third-order valence-corrected chi connectivity index (χ3v) is 7.09. The first-order chi connectivity index (χ1) is 17.1. The van der Waals surface area contributed by atoms with Crippen LogP contribution in [0.5, 0.6) is 5.75 Å². The summed E-state index contributed by atoms with van der Waals surface area (Å²) in [5.74, 6) is -5.25. The summed E-state index contributed by atoms with van der Waals surface area (Å²) in [5.41, 5.74) is -0.322. The lowest BCUT2D eigenvalue weighted by Gasteiger charge is -2.34. The van der Waals surface area contributed by atoms with Crippen LogP contribution in [0.1, 0.15) is 49.1 Å². The lowest BCUT2D eigenvalue weighted by Crippen LogP contribution is -2.44. The largest absolute Gasteiger partial charge is 0.503 e. The van der Waals surface area contributed by atoms with E-state index < -0.39 is 52.0 Å². The summed E-state index contributed by atoms with van der Waals surface area (Å²) in [6.07, 6.45) is 1.33. The van der Waals surface area contributed by atoms with Gasteiger partial charge in [-0.2, -0.15) is 0 Å². The van der Waals surface area contributed by atoms with Crippen LogP contribution in [0.3, 0.4) is 0 Å². The number of nitrogens with one attached hydrogen (secondary N) is 1. The maximum atomic E-state index is 14.4. The van der Waals surface area contributed by atoms with E-state index in [0.717, 1.165) is 18.3 Å². The summed E-state index contributed by atoms with van der Waals surface area (Å²) in [6, 6.07) is 4.57. The Morgan fingerprint density at radius 3 is 2.58 bits per heavy atom. The highest BCUT2D eigenvalue weighted by atomic mass is 35.5. The Labute approximate surface area is 207 Å². The van der Waals surface area contributed by atoms with E-state index in [4.69, 9.17) is 11.6 Å². The normalized spacial score (nSPS) is 16.3. The number of pyridine rings is 1. The number of halogens is 4. The first-order valence-electron chi connectivity index (χ1n) is 11.0. The van der Waals surface area contributed by atoms with Gasteiger partial charge in [0.2, 0.25) is 5.43 Å². The third kappa shape index (κ3) is 3.81. The van der Waals surface area contributed by atoms with E-state index >= 15 is 0 Å². The Morgan fingerprint density at radius 1 is 1.17 bits per heavy atom. The van der Waals surface area contributed by atoms with Gasteiger partial charge in [-0.15, -0.1) is 0 Å². The van der Waals surface area contributed by atoms with Crippen molar-refractivity contribution in [3.63, 3.8) is 0 Å². The highest BCUT2D eigenvalue weighted by molar-refractivity contribution is 6.31. The van der Waals surface area contributed by atoms with E-state index in [-0.39, 0.29) is 42.3 Å². The molecule has 3 heterocycles. The van der Waals surface area contributed by atoms with Crippen molar-refractivity contribution >= 4 is 23.4 Å². The molecule has 7 nitrogen and oxygen atoms in total. The third-order valence-electron chi connectivity index (χ3n) is 6.62. The van der Waals surface area contributed by atoms with E-state index in [2.05, 4.69) is 5.32 Å². The second kappa shape index (κ2) is 8.70. The fraction of sp³-hybridized carbons (Fsp3) is 0.240. The molecule has 2 aliphatic rings. The van der Waals surface area contributed by atoms with Gasteiger partial charge < -0.3 is 19.9 Å². The van der Waals surface area contributed by atoms with E-state index in [9.17, 15) is 32.7 Å². The highest BCUT2D eigenvalue weighted by Gasteiger charge is 2.38. The summed E-state index contributed by atoms with van der Waals surface area (Å²) >= 11 is 5.92. The molecule has 0 saturated carbocycles. The van der Waals surface area contributed by atoms with Crippen LogP contribution in [-0.2, 0) is 19.5 Å². The fourth-order valence-electron chi connectivity index (χ4n) is 4.67. The quantitative estimate of drug-likeness (QED) is 0.555. The number of aromatic hydroxyl groups is 1. The zero-order valence-corrected chi connectivity index (χ0v) is 19.6. The number of rotatable bonds is 3. The predicted octanol–water partition coefficient (Wildman–Crippen LogP) is 3.62. The van der Waals surface area contributed by atoms with Crippen molar-refractivity contribution in [3.8, 4) is 5.75 Å². The van der Waals surface area contributed by atoms with E-state index in [0.29, 0.717) is 16.7 Å². The number of nitrogens with zero attached hydrogens (tertiary/aromatic N) is 2. The summed E-state index contributed by atoms with van der Waals surface area (Å²) in [4.78, 5) is 40.1. The smallest absolute Gasteiger partial charge is 0.274 e. The molecule has 5 rings (SSSR count). The second-order valence-corrected chi connectivity index (χ2v) is 9.29. The van der Waals surface area contributed by atoms with Crippen LogP contribution in [0.2, 0.25) is 5.02 Å². The number of hydrogen-bond donors (Lipinski definition) is 2. The van der Waals surface area contributed by atoms with Crippen molar-refractivity contribution in [2.75, 3.05) is 6.54 Å². The van der Waals surface area contributed by atoms with Gasteiger partial charge in [-0.25, -0.2) is 13.2 Å². The molecule has 2 aliphatic heterocycles. The minimum absolute atomic E-state index is 0.0254. The molecular weight excluding hydrogens is 499 g/mol. The van der Waals surface area contributed by atoms with Gasteiger partial charge in [-0.3, -0.25) is 14.4 Å². The Kier molecular flexibility index (Phi) is 5.78. The van der Waals surface area contributed by atoms with Crippen LogP contribution in [-0.4, -0.2) is 32.9 Å². The molecule has 11 heteroatoms. The Hall–Kier alpha value is -3.79. The number of fused-ring (bicyclic) bond motifs is 5. The molecular formula is C25H19ClF3N3O4. The van der Waals surface area contributed by atoms with Gasteiger partial charge in [0.25, 0.3) is 11.8 Å². The molecule has 1 atom stereocenters. The molecule has 2 N–H and O–H groups in total. The summed E-state index contributed by atoms with van der Waals surface area (Å²) in [6.45, 7) is 1.47. The van der Waals surface area contributed by atoms with Crippen LogP contribution >= 0.6 is 11.6 Å². The fourth-order valence-corrected chi connectivity index (χ4v) is 4.86. The first kappa shape index (κ1) is 23.9. The standard InChI is InChI=1S/C25H19ClF3N3O4/c1-11-2-3-12(20(29)19(11)26)7-30-24(35)16-10-32-15-4-13-5-17(27)18(28)6-14(13)8-31(9-15)25(36)21(32)23(34)22(16)33/h2-3,5-6,10,15,34H,4,7-9H2,1H3,(H,30,35). The van der Waals surface area contributed by atoms with Gasteiger partial charge in [0, 0.05) is 31.4 Å². The van der Waals surface area contributed by atoms with E-state index in [1.165, 1.54) is 15.5 Å². The van der Waals surface area contributed by atoms with Gasteiger partial charge >= 0.3 is 0 Å². The molecule has 2 amide bonds. The molecule has 0 fully saturated rings. The number of benzene rings is 2. The van der Waals surface area contributed by atoms with Gasteiger partial charge in [-0.1, -0.05) is 23.7 Å². The van der Waals surface area contributed by atoms with Crippen molar-refractivity contribution in [2.45, 2.75) is 32.5 Å². The van der Waals surface area contributed by atoms with Crippen LogP contribution < -0.4 is 10.7 Å². The molecule has 1 unspecified atom stereocenters. The Balaban J connectivity index is 1.51. The van der Waals surface area contributed by atoms with Crippen molar-refractivity contribution in [1.82, 2.24) is 14.8 Å². The van der Waals surface area contributed by atoms with Crippen LogP contribution in [0.4, 0.5) is 13.2 Å². The molecule has 0 radical (unpaired) electrons. The van der Waals surface area contributed by atoms with Gasteiger partial charge in [0.1, 0.15) is 11.4 Å². The lowest BCUT2D eigenvalue weighted by atomic mass is 10.0. The van der Waals surface area contributed by atoms with Crippen LogP contribution in [0, 0.1) is 24.4 Å². The topological polar surface area (TPSA) is 91.6 Å². The number of aryl methyl sites for hydroxylation is 1. The molecule has 3 aromatic rings. The summed E-state index contributed by atoms with van der Waals surface area (Å²) in [7, 11) is 0.